The summed E-state index contributed by atoms with van der Waals surface area (Å²) in [4.78, 5) is 28.9. The predicted octanol–water partition coefficient (Wildman–Crippen LogP) is 3.76. The lowest BCUT2D eigenvalue weighted by molar-refractivity contribution is -0.149. The first kappa shape index (κ1) is 23.5. The fourth-order valence-corrected chi connectivity index (χ4v) is 7.31. The molecule has 0 bridgehead atoms. The summed E-state index contributed by atoms with van der Waals surface area (Å²) in [6.45, 7) is 1.62. The maximum absolute atomic E-state index is 13.6. The summed E-state index contributed by atoms with van der Waals surface area (Å²) in [6.07, 6.45) is 2.07. The van der Waals surface area contributed by atoms with Crippen LogP contribution in [0.25, 0.3) is 0 Å². The molecule has 1 saturated carbocycles. The highest BCUT2D eigenvalue weighted by Gasteiger charge is 2.57. The lowest BCUT2D eigenvalue weighted by Crippen LogP contribution is -2.46. The van der Waals surface area contributed by atoms with Crippen molar-refractivity contribution in [2.75, 3.05) is 24.5 Å². The molecule has 2 saturated heterocycles. The number of benzene rings is 2. The van der Waals surface area contributed by atoms with Gasteiger partial charge >= 0.3 is 5.97 Å². The Balaban J connectivity index is 1.42. The van der Waals surface area contributed by atoms with Gasteiger partial charge in [0.05, 0.1) is 20.6 Å². The van der Waals surface area contributed by atoms with Crippen LogP contribution >= 0.6 is 23.2 Å². The minimum absolute atomic E-state index is 0.0271. The maximum Gasteiger partial charge on any atom is 0.326 e. The number of hydrogen-bond donors (Lipinski definition) is 1. The molecule has 3 aliphatic rings. The molecule has 0 unspecified atom stereocenters. The van der Waals surface area contributed by atoms with E-state index in [2.05, 4.69) is 4.90 Å². The molecule has 0 spiro atoms. The predicted molar refractivity (Wildman–Crippen MR) is 129 cm³/mol. The number of aliphatic carboxylic acids is 1. The van der Waals surface area contributed by atoms with Gasteiger partial charge in [0.15, 0.2) is 9.84 Å². The first-order chi connectivity index (χ1) is 16.1. The van der Waals surface area contributed by atoms with E-state index in [0.29, 0.717) is 17.9 Å². The summed E-state index contributed by atoms with van der Waals surface area (Å²) in [7, 11) is -3.95. The van der Waals surface area contributed by atoms with E-state index in [9.17, 15) is 23.1 Å². The van der Waals surface area contributed by atoms with Crippen LogP contribution < -0.4 is 4.90 Å². The molecule has 10 heteroatoms. The van der Waals surface area contributed by atoms with Crippen molar-refractivity contribution in [3.8, 4) is 0 Å². The molecular formula is C24H24Cl2N2O5S. The van der Waals surface area contributed by atoms with Gasteiger partial charge in [-0.3, -0.25) is 4.79 Å². The monoisotopic (exact) mass is 522 g/mol. The maximum atomic E-state index is 13.6. The third-order valence-electron chi connectivity index (χ3n) is 7.25. The van der Waals surface area contributed by atoms with E-state index in [1.165, 1.54) is 11.0 Å². The third-order valence-corrected chi connectivity index (χ3v) is 10.1. The quantitative estimate of drug-likeness (QED) is 0.620. The second kappa shape index (κ2) is 8.43. The van der Waals surface area contributed by atoms with Crippen LogP contribution in [0.2, 0.25) is 10.0 Å². The van der Waals surface area contributed by atoms with Gasteiger partial charge in [-0.25, -0.2) is 13.2 Å². The van der Waals surface area contributed by atoms with Gasteiger partial charge in [0, 0.05) is 30.3 Å². The molecule has 2 heterocycles. The van der Waals surface area contributed by atoms with Crippen molar-refractivity contribution in [1.82, 2.24) is 4.90 Å². The third kappa shape index (κ3) is 3.85. The first-order valence-corrected chi connectivity index (χ1v) is 13.5. The topological polar surface area (TPSA) is 95.0 Å². The smallest absolute Gasteiger partial charge is 0.326 e. The van der Waals surface area contributed by atoms with E-state index in [4.69, 9.17) is 23.2 Å². The number of sulfone groups is 1. The van der Waals surface area contributed by atoms with Crippen molar-refractivity contribution in [3.63, 3.8) is 0 Å². The van der Waals surface area contributed by atoms with E-state index < -0.39 is 32.5 Å². The van der Waals surface area contributed by atoms with E-state index in [1.807, 2.05) is 0 Å². The number of carbonyl (C=O) groups excluding carboxylic acids is 1. The highest BCUT2D eigenvalue weighted by atomic mass is 35.5. The summed E-state index contributed by atoms with van der Waals surface area (Å²) in [5, 5.41) is 9.43. The van der Waals surface area contributed by atoms with E-state index in [1.54, 1.807) is 36.4 Å². The molecule has 3 fully saturated rings. The fraction of sp³-hybridized carbons (Fsp3) is 0.417. The highest BCUT2D eigenvalue weighted by molar-refractivity contribution is 7.92. The lowest BCUT2D eigenvalue weighted by Gasteiger charge is -2.33. The Labute approximate surface area is 208 Å². The molecule has 7 nitrogen and oxygen atoms in total. The number of carbonyl (C=O) groups is 2. The van der Waals surface area contributed by atoms with Gasteiger partial charge in [-0.05, 0) is 61.6 Å². The summed E-state index contributed by atoms with van der Waals surface area (Å²) in [5.41, 5.74) is 0.801. The Hall–Kier alpha value is -2.29. The van der Waals surface area contributed by atoms with Gasteiger partial charge in [-0.1, -0.05) is 35.3 Å². The van der Waals surface area contributed by atoms with Crippen molar-refractivity contribution < 1.29 is 23.1 Å². The van der Waals surface area contributed by atoms with Gasteiger partial charge in [0.1, 0.15) is 6.04 Å². The average Bonchev–Trinajstić information content (AvgIpc) is 3.42. The average molecular weight is 523 g/mol. The van der Waals surface area contributed by atoms with Crippen LogP contribution in [-0.2, 0) is 24.8 Å². The van der Waals surface area contributed by atoms with Crippen molar-refractivity contribution in [1.29, 1.82) is 0 Å². The van der Waals surface area contributed by atoms with Crippen molar-refractivity contribution in [2.24, 2.45) is 0 Å². The number of carboxylic acids is 1. The molecule has 1 amide bonds. The number of rotatable bonds is 6. The fourth-order valence-electron chi connectivity index (χ4n) is 4.95. The van der Waals surface area contributed by atoms with Gasteiger partial charge < -0.3 is 14.9 Å². The number of amides is 1. The summed E-state index contributed by atoms with van der Waals surface area (Å²) >= 11 is 12.4. The van der Waals surface area contributed by atoms with Gasteiger partial charge in [-0.15, -0.1) is 0 Å². The minimum atomic E-state index is -3.95. The number of hydrogen-bond acceptors (Lipinski definition) is 5. The number of anilines is 1. The molecule has 5 rings (SSSR count). The Morgan fingerprint density at radius 1 is 1.03 bits per heavy atom. The van der Waals surface area contributed by atoms with E-state index in [0.717, 1.165) is 30.8 Å². The van der Waals surface area contributed by atoms with Crippen LogP contribution in [0.15, 0.2) is 47.4 Å². The van der Waals surface area contributed by atoms with Crippen LogP contribution in [0.4, 0.5) is 5.69 Å². The molecule has 2 atom stereocenters. The Morgan fingerprint density at radius 2 is 1.71 bits per heavy atom. The van der Waals surface area contributed by atoms with Crippen LogP contribution in [0.3, 0.4) is 0 Å². The van der Waals surface area contributed by atoms with Crippen LogP contribution in [0.5, 0.6) is 0 Å². The molecule has 34 heavy (non-hydrogen) atoms. The zero-order valence-electron chi connectivity index (χ0n) is 18.3. The number of nitrogens with zero attached hydrogens (tertiary/aromatic N) is 2. The van der Waals surface area contributed by atoms with Crippen LogP contribution in [-0.4, -0.2) is 61.2 Å². The Kier molecular flexibility index (Phi) is 5.81. The molecule has 2 aromatic carbocycles. The second-order valence-corrected chi connectivity index (χ2v) is 12.3. The second-order valence-electron chi connectivity index (χ2n) is 9.26. The van der Waals surface area contributed by atoms with Crippen LogP contribution in [0.1, 0.15) is 31.2 Å². The van der Waals surface area contributed by atoms with Gasteiger partial charge in [-0.2, -0.15) is 0 Å². The Morgan fingerprint density at radius 3 is 2.24 bits per heavy atom. The van der Waals surface area contributed by atoms with Gasteiger partial charge in [0.25, 0.3) is 0 Å². The SMILES string of the molecule is O=C(O)[C@@H]1C[C@@H](S(=O)(=O)c2ccc(N3CCC3)cc2Cl)CN1C(=O)C1(c2ccc(Cl)cc2)CC1. The molecule has 2 aromatic rings. The molecule has 180 valence electrons. The van der Waals surface area contributed by atoms with E-state index >= 15 is 0 Å². The highest BCUT2D eigenvalue weighted by Crippen LogP contribution is 2.51. The molecule has 2 aliphatic heterocycles. The van der Waals surface area contributed by atoms with Crippen molar-refractivity contribution in [3.05, 3.63) is 58.1 Å². The molecule has 1 N–H and O–H groups in total. The van der Waals surface area contributed by atoms with Gasteiger partial charge in [0.2, 0.25) is 5.91 Å². The van der Waals surface area contributed by atoms with Crippen molar-refractivity contribution in [2.45, 2.75) is 47.3 Å². The van der Waals surface area contributed by atoms with Crippen molar-refractivity contribution >= 4 is 50.6 Å². The minimum Gasteiger partial charge on any atom is -0.480 e. The number of halogens is 2. The lowest BCUT2D eigenvalue weighted by atomic mass is 9.94. The first-order valence-electron chi connectivity index (χ1n) is 11.2. The van der Waals surface area contributed by atoms with Crippen LogP contribution in [0, 0.1) is 0 Å². The zero-order valence-corrected chi connectivity index (χ0v) is 20.6. The summed E-state index contributed by atoms with van der Waals surface area (Å²) in [5.74, 6) is -1.56. The normalized spacial score (nSPS) is 23.5. The molecule has 1 aliphatic carbocycles. The van der Waals surface area contributed by atoms with E-state index in [-0.39, 0.29) is 28.8 Å². The number of carboxylic acid groups (broad SMARTS) is 1. The molecule has 0 aromatic heterocycles. The standard InChI is InChI=1S/C24H24Cl2N2O5S/c25-16-4-2-15(3-5-16)24(8-9-24)23(31)28-14-18(13-20(28)22(29)30)34(32,33)21-7-6-17(12-19(21)26)27-10-1-11-27/h2-7,12,18,20H,1,8-11,13-14H2,(H,29,30)/t18-,20+/m1/s1. The summed E-state index contributed by atoms with van der Waals surface area (Å²) < 4.78 is 27.0. The molecule has 0 radical (unpaired) electrons. The number of likely N-dealkylation sites (tertiary alicyclic amines) is 1. The summed E-state index contributed by atoms with van der Waals surface area (Å²) in [6, 6.07) is 10.6. The largest absolute Gasteiger partial charge is 0.480 e. The Bertz CT molecular complexity index is 1260. The zero-order chi connectivity index (χ0) is 24.3. The molecular weight excluding hydrogens is 499 g/mol.